The number of thiazole rings is 1. The van der Waals surface area contributed by atoms with Gasteiger partial charge in [-0.1, -0.05) is 55.5 Å². The molecule has 0 bridgehead atoms. The number of rotatable bonds is 13. The maximum absolute atomic E-state index is 14.5. The van der Waals surface area contributed by atoms with Crippen LogP contribution in [0.5, 0.6) is 0 Å². The van der Waals surface area contributed by atoms with E-state index in [1.54, 1.807) is 40.5 Å². The van der Waals surface area contributed by atoms with Gasteiger partial charge in [0, 0.05) is 34.3 Å². The molecule has 0 radical (unpaired) electrons. The number of aryl methyl sites for hydroxylation is 2. The van der Waals surface area contributed by atoms with E-state index in [4.69, 9.17) is 14.5 Å². The topological polar surface area (TPSA) is 85.8 Å². The Balaban J connectivity index is 1.51. The minimum absolute atomic E-state index is 0.0251. The maximum atomic E-state index is 14.5. The highest BCUT2D eigenvalue weighted by Crippen LogP contribution is 2.47. The third-order valence-electron chi connectivity index (χ3n) is 8.30. The standard InChI is InChI=1S/C37H36FN5O2S/c1-6-33(45-24-44-28(5)31-9-7-8-25(2)16-31)18-37(21-43-23-40-22-41-43,34-15-14-32(38)17-26(34)3)27(4)36-42-35(20-46-36)30-12-10-29(19-39)11-13-30/h6-17,20,22-23,27H,5,18,21,24H2,1-4H3/b33-6-/t27-,37-/m0/s1. The van der Waals surface area contributed by atoms with Crippen LogP contribution in [0.2, 0.25) is 0 Å². The van der Waals surface area contributed by atoms with E-state index in [1.807, 2.05) is 74.7 Å². The lowest BCUT2D eigenvalue weighted by Gasteiger charge is -2.40. The summed E-state index contributed by atoms with van der Waals surface area (Å²) in [6.45, 7) is 12.5. The molecule has 0 saturated carbocycles. The van der Waals surface area contributed by atoms with Crippen molar-refractivity contribution in [2.24, 2.45) is 0 Å². The lowest BCUT2D eigenvalue weighted by Crippen LogP contribution is -2.39. The molecular weight excluding hydrogens is 598 g/mol. The van der Waals surface area contributed by atoms with Crippen molar-refractivity contribution in [3.63, 3.8) is 0 Å². The molecule has 2 heterocycles. The Morgan fingerprint density at radius 1 is 1.13 bits per heavy atom. The van der Waals surface area contributed by atoms with Gasteiger partial charge in [0.1, 0.15) is 24.2 Å². The molecule has 5 aromatic rings. The number of hydrogen-bond donors (Lipinski definition) is 0. The summed E-state index contributed by atoms with van der Waals surface area (Å²) in [5, 5.41) is 16.6. The molecule has 0 unspecified atom stereocenters. The Labute approximate surface area is 273 Å². The summed E-state index contributed by atoms with van der Waals surface area (Å²) < 4.78 is 28.5. The van der Waals surface area contributed by atoms with Gasteiger partial charge >= 0.3 is 0 Å². The molecule has 0 aliphatic heterocycles. The number of ether oxygens (including phenoxy) is 2. The van der Waals surface area contributed by atoms with Crippen molar-refractivity contribution in [1.29, 1.82) is 5.26 Å². The summed E-state index contributed by atoms with van der Waals surface area (Å²) in [6, 6.07) is 22.4. The van der Waals surface area contributed by atoms with Crippen LogP contribution < -0.4 is 0 Å². The minimum Gasteiger partial charge on any atom is -0.462 e. The van der Waals surface area contributed by atoms with Crippen LogP contribution in [0.1, 0.15) is 59.0 Å². The molecule has 0 aliphatic rings. The number of aromatic nitrogens is 4. The van der Waals surface area contributed by atoms with Gasteiger partial charge in [0.15, 0.2) is 0 Å². The summed E-state index contributed by atoms with van der Waals surface area (Å²) in [7, 11) is 0. The van der Waals surface area contributed by atoms with Crippen molar-refractivity contribution in [2.75, 3.05) is 6.79 Å². The van der Waals surface area contributed by atoms with Crippen molar-refractivity contribution < 1.29 is 13.9 Å². The average Bonchev–Trinajstić information content (AvgIpc) is 3.76. The van der Waals surface area contributed by atoms with Gasteiger partial charge in [-0.2, -0.15) is 10.4 Å². The second kappa shape index (κ2) is 14.4. The van der Waals surface area contributed by atoms with Crippen LogP contribution in [0, 0.1) is 31.0 Å². The van der Waals surface area contributed by atoms with Crippen molar-refractivity contribution >= 4 is 17.1 Å². The molecule has 0 N–H and O–H groups in total. The summed E-state index contributed by atoms with van der Waals surface area (Å²) in [5.41, 5.74) is 5.45. The molecule has 46 heavy (non-hydrogen) atoms. The molecule has 0 amide bonds. The lowest BCUT2D eigenvalue weighted by molar-refractivity contribution is 0.0304. The maximum Gasteiger partial charge on any atom is 0.230 e. The molecule has 0 fully saturated rings. The van der Waals surface area contributed by atoms with E-state index in [9.17, 15) is 9.65 Å². The van der Waals surface area contributed by atoms with Crippen LogP contribution in [0.3, 0.4) is 0 Å². The van der Waals surface area contributed by atoms with Crippen LogP contribution in [0.25, 0.3) is 17.0 Å². The summed E-state index contributed by atoms with van der Waals surface area (Å²) in [5.74, 6) is 0.761. The zero-order chi connectivity index (χ0) is 32.7. The van der Waals surface area contributed by atoms with Gasteiger partial charge in [0.25, 0.3) is 0 Å². The minimum atomic E-state index is -0.680. The normalized spacial score (nSPS) is 13.4. The van der Waals surface area contributed by atoms with Crippen molar-refractivity contribution in [1.82, 2.24) is 19.7 Å². The Hall–Kier alpha value is -5.07. The number of benzene rings is 3. The van der Waals surface area contributed by atoms with E-state index in [2.05, 4.69) is 29.7 Å². The first-order valence-corrected chi connectivity index (χ1v) is 15.8. The van der Waals surface area contributed by atoms with Gasteiger partial charge in [-0.05, 0) is 68.3 Å². The largest absolute Gasteiger partial charge is 0.462 e. The van der Waals surface area contributed by atoms with Gasteiger partial charge < -0.3 is 9.47 Å². The lowest BCUT2D eigenvalue weighted by atomic mass is 9.67. The number of hydrogen-bond acceptors (Lipinski definition) is 7. The quantitative estimate of drug-likeness (QED) is 0.0952. The Morgan fingerprint density at radius 2 is 1.93 bits per heavy atom. The Morgan fingerprint density at radius 3 is 2.61 bits per heavy atom. The third-order valence-corrected chi connectivity index (χ3v) is 9.32. The van der Waals surface area contributed by atoms with Crippen LogP contribution in [-0.2, 0) is 21.4 Å². The van der Waals surface area contributed by atoms with Crippen LogP contribution >= 0.6 is 11.3 Å². The van der Waals surface area contributed by atoms with Crippen LogP contribution in [0.4, 0.5) is 4.39 Å². The number of nitriles is 1. The fraction of sp³-hybridized carbons (Fsp3) is 0.243. The van der Waals surface area contributed by atoms with E-state index >= 15 is 0 Å². The Kier molecular flexibility index (Phi) is 10.1. The first-order chi connectivity index (χ1) is 22.2. The molecule has 7 nitrogen and oxygen atoms in total. The van der Waals surface area contributed by atoms with Gasteiger partial charge in [0.2, 0.25) is 6.79 Å². The second-order valence-corrected chi connectivity index (χ2v) is 12.2. The van der Waals surface area contributed by atoms with E-state index < -0.39 is 5.41 Å². The fourth-order valence-corrected chi connectivity index (χ4v) is 6.75. The first kappa shape index (κ1) is 32.3. The van der Waals surface area contributed by atoms with Crippen molar-refractivity contribution in [3.05, 3.63) is 142 Å². The zero-order valence-corrected chi connectivity index (χ0v) is 27.2. The van der Waals surface area contributed by atoms with E-state index in [-0.39, 0.29) is 18.5 Å². The van der Waals surface area contributed by atoms with E-state index in [1.165, 1.54) is 12.4 Å². The molecule has 2 aromatic heterocycles. The molecular formula is C37H36FN5O2S. The predicted molar refractivity (Wildman–Crippen MR) is 179 cm³/mol. The third kappa shape index (κ3) is 7.24. The predicted octanol–water partition coefficient (Wildman–Crippen LogP) is 8.73. The molecule has 2 atom stereocenters. The van der Waals surface area contributed by atoms with Crippen molar-refractivity contribution in [2.45, 2.75) is 52.0 Å². The summed E-state index contributed by atoms with van der Waals surface area (Å²) in [6.07, 6.45) is 5.58. The highest BCUT2D eigenvalue weighted by atomic mass is 32.1. The van der Waals surface area contributed by atoms with Gasteiger partial charge in [-0.3, -0.25) is 4.68 Å². The first-order valence-electron chi connectivity index (χ1n) is 14.9. The fourth-order valence-electron chi connectivity index (χ4n) is 5.75. The SMILES string of the molecule is C=C(OCO/C(=C\C)C[C@@](Cn1cncn1)(c1ccc(F)cc1C)[C@@H](C)c1nc(-c2ccc(C#N)cc2)cs1)c1cccc(C)c1. The van der Waals surface area contributed by atoms with Gasteiger partial charge in [-0.15, -0.1) is 11.3 Å². The monoisotopic (exact) mass is 633 g/mol. The number of halogens is 1. The molecule has 9 heteroatoms. The van der Waals surface area contributed by atoms with Crippen LogP contribution in [-0.4, -0.2) is 26.5 Å². The Bertz CT molecular complexity index is 1870. The summed E-state index contributed by atoms with van der Waals surface area (Å²) >= 11 is 1.57. The smallest absolute Gasteiger partial charge is 0.230 e. The number of allylic oxidation sites excluding steroid dienone is 2. The molecule has 3 aromatic carbocycles. The molecule has 0 spiro atoms. The molecule has 0 aliphatic carbocycles. The van der Waals surface area contributed by atoms with Crippen molar-refractivity contribution in [3.8, 4) is 17.3 Å². The van der Waals surface area contributed by atoms with Gasteiger partial charge in [0.05, 0.1) is 34.6 Å². The number of nitrogens with zero attached hydrogens (tertiary/aromatic N) is 5. The average molecular weight is 634 g/mol. The molecule has 234 valence electrons. The zero-order valence-electron chi connectivity index (χ0n) is 26.4. The van der Waals surface area contributed by atoms with Crippen LogP contribution in [0.15, 0.2) is 103 Å². The molecule has 5 rings (SSSR count). The van der Waals surface area contributed by atoms with Gasteiger partial charge in [-0.25, -0.2) is 14.4 Å². The highest BCUT2D eigenvalue weighted by molar-refractivity contribution is 7.10. The highest BCUT2D eigenvalue weighted by Gasteiger charge is 2.43. The molecule has 0 saturated heterocycles. The van der Waals surface area contributed by atoms with E-state index in [0.717, 1.165) is 38.5 Å². The second-order valence-electron chi connectivity index (χ2n) is 11.3. The van der Waals surface area contributed by atoms with E-state index in [0.29, 0.717) is 30.0 Å². The summed E-state index contributed by atoms with van der Waals surface area (Å²) in [4.78, 5) is 9.29.